The summed E-state index contributed by atoms with van der Waals surface area (Å²) in [6.45, 7) is 0. The zero-order valence-electron chi connectivity index (χ0n) is 8.02. The van der Waals surface area contributed by atoms with Crippen molar-refractivity contribution in [1.29, 1.82) is 0 Å². The fourth-order valence-electron chi connectivity index (χ4n) is 1.01. The zero-order valence-corrected chi connectivity index (χ0v) is 10.4. The monoisotopic (exact) mass is 281 g/mol. The van der Waals surface area contributed by atoms with Crippen molar-refractivity contribution >= 4 is 40.3 Å². The average molecular weight is 282 g/mol. The Labute approximate surface area is 106 Å². The molecule has 0 aliphatic rings. The molecule has 0 fully saturated rings. The summed E-state index contributed by atoms with van der Waals surface area (Å²) in [6.07, 6.45) is 0. The van der Waals surface area contributed by atoms with E-state index in [-0.39, 0.29) is 5.75 Å². The van der Waals surface area contributed by atoms with E-state index in [0.717, 1.165) is 0 Å². The summed E-state index contributed by atoms with van der Waals surface area (Å²) in [5, 5.41) is 8.79. The molecule has 1 aromatic rings. The van der Waals surface area contributed by atoms with Gasteiger partial charge in [-0.25, -0.2) is 5.48 Å². The fraction of sp³-hybridized carbons (Fsp3) is 0.222. The van der Waals surface area contributed by atoms with E-state index in [0.29, 0.717) is 10.6 Å². The minimum atomic E-state index is -1.65. The third kappa shape index (κ3) is 3.54. The number of nitrogens with one attached hydrogen (secondary N) is 1. The van der Waals surface area contributed by atoms with Gasteiger partial charge >= 0.3 is 5.91 Å². The second kappa shape index (κ2) is 6.32. The minimum Gasteiger partial charge on any atom is -0.615 e. The topological polar surface area (TPSA) is 72.4 Å². The molecule has 1 amide bonds. The zero-order chi connectivity index (χ0) is 12.1. The highest BCUT2D eigenvalue weighted by atomic mass is 35.5. The second-order valence-corrected chi connectivity index (χ2v) is 5.53. The van der Waals surface area contributed by atoms with Crippen molar-refractivity contribution in [3.63, 3.8) is 0 Å². The van der Waals surface area contributed by atoms with Crippen molar-refractivity contribution < 1.29 is 14.6 Å². The number of hydroxylamine groups is 1. The number of benzene rings is 1. The molecule has 2 atom stereocenters. The van der Waals surface area contributed by atoms with Gasteiger partial charge in [0.1, 0.15) is 5.75 Å². The molecule has 1 rings (SSSR count). The molecule has 2 N–H and O–H groups in total. The smallest absolute Gasteiger partial charge is 0.312 e. The van der Waals surface area contributed by atoms with Crippen LogP contribution in [0.1, 0.15) is 5.56 Å². The molecule has 0 saturated carbocycles. The van der Waals surface area contributed by atoms with Crippen molar-refractivity contribution in [3.05, 3.63) is 34.9 Å². The summed E-state index contributed by atoms with van der Waals surface area (Å²) in [7, 11) is 0. The number of carbonyl (C=O) groups excluding carboxylic acids is 1. The lowest BCUT2D eigenvalue weighted by Gasteiger charge is -2.15. The van der Waals surface area contributed by atoms with Crippen molar-refractivity contribution in [2.75, 3.05) is 0 Å². The predicted molar refractivity (Wildman–Crippen MR) is 62.9 cm³/mol. The van der Waals surface area contributed by atoms with Crippen LogP contribution in [0.3, 0.4) is 0 Å². The number of halogens is 2. The van der Waals surface area contributed by atoms with Gasteiger partial charge in [-0.1, -0.05) is 41.4 Å². The summed E-state index contributed by atoms with van der Waals surface area (Å²) in [5.41, 5.74) is 1.99. The standard InChI is InChI=1S/C9H9Cl2NO3S/c10-7-4-2-1-3-6(7)5-16(15)8(11)9(13)12-14/h1-4,8,14H,5H2,(H,12,13). The van der Waals surface area contributed by atoms with Gasteiger partial charge in [-0.3, -0.25) is 10.0 Å². The number of amides is 1. The van der Waals surface area contributed by atoms with Crippen LogP contribution in [0.2, 0.25) is 5.02 Å². The van der Waals surface area contributed by atoms with Crippen LogP contribution in [-0.4, -0.2) is 20.4 Å². The number of rotatable bonds is 4. The SMILES string of the molecule is O=C(NO)C(Cl)[S+]([O-])Cc1ccccc1Cl. The number of alkyl halides is 1. The summed E-state index contributed by atoms with van der Waals surface area (Å²) in [5.74, 6) is -0.839. The Kier molecular flexibility index (Phi) is 5.37. The molecule has 1 aromatic carbocycles. The molecule has 0 aliphatic carbocycles. The van der Waals surface area contributed by atoms with E-state index in [9.17, 15) is 9.35 Å². The molecule has 2 unspecified atom stereocenters. The van der Waals surface area contributed by atoms with Crippen molar-refractivity contribution in [1.82, 2.24) is 5.48 Å². The maximum absolute atomic E-state index is 11.6. The number of hydrogen-bond donors (Lipinski definition) is 2. The number of carbonyl (C=O) groups is 1. The van der Waals surface area contributed by atoms with Gasteiger partial charge in [0, 0.05) is 10.6 Å². The molecule has 0 bridgehead atoms. The Morgan fingerprint density at radius 2 is 2.19 bits per heavy atom. The van der Waals surface area contributed by atoms with Crippen LogP contribution >= 0.6 is 23.2 Å². The first-order chi connectivity index (χ1) is 7.56. The lowest BCUT2D eigenvalue weighted by atomic mass is 10.2. The van der Waals surface area contributed by atoms with Crippen molar-refractivity contribution in [2.45, 2.75) is 10.5 Å². The first-order valence-electron chi connectivity index (χ1n) is 4.25. The van der Waals surface area contributed by atoms with Crippen LogP contribution in [-0.2, 0) is 21.7 Å². The Morgan fingerprint density at radius 3 is 2.75 bits per heavy atom. The Balaban J connectivity index is 2.68. The third-order valence-corrected chi connectivity index (χ3v) is 4.24. The fourth-order valence-corrected chi connectivity index (χ4v) is 2.53. The summed E-state index contributed by atoms with van der Waals surface area (Å²) >= 11 is 9.78. The summed E-state index contributed by atoms with van der Waals surface area (Å²) in [6, 6.07) is 6.84. The highest BCUT2D eigenvalue weighted by Gasteiger charge is 2.28. The van der Waals surface area contributed by atoms with Crippen LogP contribution in [0.15, 0.2) is 24.3 Å². The van der Waals surface area contributed by atoms with Gasteiger partial charge in [0.2, 0.25) is 0 Å². The molecule has 4 nitrogen and oxygen atoms in total. The van der Waals surface area contributed by atoms with Gasteiger partial charge in [-0.05, 0) is 17.2 Å². The van der Waals surface area contributed by atoms with Crippen LogP contribution < -0.4 is 5.48 Å². The molecule has 0 aliphatic heterocycles. The average Bonchev–Trinajstić information content (AvgIpc) is 2.30. The second-order valence-electron chi connectivity index (χ2n) is 2.91. The molecule has 16 heavy (non-hydrogen) atoms. The van der Waals surface area contributed by atoms with Crippen molar-refractivity contribution in [2.24, 2.45) is 0 Å². The lowest BCUT2D eigenvalue weighted by molar-refractivity contribution is -0.127. The first kappa shape index (κ1) is 13.6. The van der Waals surface area contributed by atoms with Crippen LogP contribution in [0.25, 0.3) is 0 Å². The van der Waals surface area contributed by atoms with Gasteiger partial charge < -0.3 is 4.55 Å². The Bertz CT molecular complexity index is 378. The molecule has 0 heterocycles. The maximum Gasteiger partial charge on any atom is 0.312 e. The van der Waals surface area contributed by atoms with Crippen LogP contribution in [0, 0.1) is 0 Å². The molecule has 0 saturated heterocycles. The molecular weight excluding hydrogens is 273 g/mol. The normalized spacial score (nSPS) is 14.2. The maximum atomic E-state index is 11.6. The molecule has 7 heteroatoms. The van der Waals surface area contributed by atoms with E-state index >= 15 is 0 Å². The Morgan fingerprint density at radius 1 is 1.56 bits per heavy atom. The molecule has 88 valence electrons. The minimum absolute atomic E-state index is 0.0568. The van der Waals surface area contributed by atoms with E-state index in [1.807, 2.05) is 0 Å². The van der Waals surface area contributed by atoms with Crippen molar-refractivity contribution in [3.8, 4) is 0 Å². The van der Waals surface area contributed by atoms with Gasteiger partial charge in [-0.15, -0.1) is 0 Å². The summed E-state index contributed by atoms with van der Waals surface area (Å²) < 4.78 is 10.3. The van der Waals surface area contributed by atoms with Gasteiger partial charge in [0.25, 0.3) is 4.71 Å². The van der Waals surface area contributed by atoms with Crippen LogP contribution in [0.4, 0.5) is 0 Å². The van der Waals surface area contributed by atoms with E-state index in [1.54, 1.807) is 24.3 Å². The van der Waals surface area contributed by atoms with E-state index in [4.69, 9.17) is 28.4 Å². The molecule has 0 radical (unpaired) electrons. The quantitative estimate of drug-likeness (QED) is 0.382. The highest BCUT2D eigenvalue weighted by molar-refractivity contribution is 7.93. The van der Waals surface area contributed by atoms with Crippen LogP contribution in [0.5, 0.6) is 0 Å². The molecular formula is C9H9Cl2NO3S. The van der Waals surface area contributed by atoms with Gasteiger partial charge in [-0.2, -0.15) is 0 Å². The molecule has 0 spiro atoms. The highest BCUT2D eigenvalue weighted by Crippen LogP contribution is 2.21. The number of hydrogen-bond acceptors (Lipinski definition) is 3. The predicted octanol–water partition coefficient (Wildman–Crippen LogP) is 1.66. The van der Waals surface area contributed by atoms with Gasteiger partial charge in [0.15, 0.2) is 0 Å². The van der Waals surface area contributed by atoms with E-state index in [1.165, 1.54) is 5.48 Å². The largest absolute Gasteiger partial charge is 0.615 e. The summed E-state index contributed by atoms with van der Waals surface area (Å²) in [4.78, 5) is 10.9. The van der Waals surface area contributed by atoms with Gasteiger partial charge in [0.05, 0.1) is 0 Å². The third-order valence-electron chi connectivity index (χ3n) is 1.80. The first-order valence-corrected chi connectivity index (χ1v) is 6.44. The van der Waals surface area contributed by atoms with E-state index in [2.05, 4.69) is 0 Å². The molecule has 0 aromatic heterocycles. The Hall–Kier alpha value is -0.460. The van der Waals surface area contributed by atoms with E-state index < -0.39 is 21.8 Å². The lowest BCUT2D eigenvalue weighted by Crippen LogP contribution is -2.35.